The van der Waals surface area contributed by atoms with Crippen molar-refractivity contribution in [1.82, 2.24) is 14.8 Å². The second-order valence-corrected chi connectivity index (χ2v) is 6.28. The van der Waals surface area contributed by atoms with Crippen LogP contribution in [0.4, 0.5) is 5.69 Å². The van der Waals surface area contributed by atoms with Crippen LogP contribution in [0.2, 0.25) is 5.02 Å². The SMILES string of the molecule is O=C(c1ccc(Cl)cc1[N+](=O)[O-])N1CCN(Cc2cccnc2)CC1. The molecule has 0 unspecified atom stereocenters. The van der Waals surface area contributed by atoms with Crippen molar-refractivity contribution in [2.24, 2.45) is 0 Å². The van der Waals surface area contributed by atoms with Crippen LogP contribution in [-0.4, -0.2) is 51.8 Å². The molecule has 1 fully saturated rings. The van der Waals surface area contributed by atoms with E-state index in [9.17, 15) is 14.9 Å². The zero-order valence-electron chi connectivity index (χ0n) is 13.5. The van der Waals surface area contributed by atoms with E-state index in [0.717, 1.165) is 12.1 Å². The Morgan fingerprint density at radius 3 is 2.64 bits per heavy atom. The van der Waals surface area contributed by atoms with Crippen molar-refractivity contribution >= 4 is 23.2 Å². The number of carbonyl (C=O) groups excluding carboxylic acids is 1. The number of pyridine rings is 1. The maximum atomic E-state index is 12.7. The molecule has 25 heavy (non-hydrogen) atoms. The molecule has 3 rings (SSSR count). The standard InChI is InChI=1S/C17H17ClN4O3/c18-14-3-4-15(16(10-14)22(24)25)17(23)21-8-6-20(7-9-21)12-13-2-1-5-19-11-13/h1-5,10-11H,6-9,12H2. The molecule has 0 N–H and O–H groups in total. The number of nitro benzene ring substituents is 1. The van der Waals surface area contributed by atoms with Gasteiger partial charge >= 0.3 is 0 Å². The van der Waals surface area contributed by atoms with Crippen molar-refractivity contribution < 1.29 is 9.72 Å². The molecular weight excluding hydrogens is 344 g/mol. The van der Waals surface area contributed by atoms with Crippen LogP contribution in [0.15, 0.2) is 42.7 Å². The number of nitrogens with zero attached hydrogens (tertiary/aromatic N) is 4. The normalized spacial score (nSPS) is 15.2. The molecule has 0 bridgehead atoms. The molecule has 0 spiro atoms. The highest BCUT2D eigenvalue weighted by Crippen LogP contribution is 2.25. The number of rotatable bonds is 4. The Labute approximate surface area is 150 Å². The summed E-state index contributed by atoms with van der Waals surface area (Å²) in [6.45, 7) is 3.25. The van der Waals surface area contributed by atoms with Gasteiger partial charge in [-0.25, -0.2) is 0 Å². The van der Waals surface area contributed by atoms with Crippen LogP contribution in [-0.2, 0) is 6.54 Å². The van der Waals surface area contributed by atoms with E-state index >= 15 is 0 Å². The number of amides is 1. The Balaban J connectivity index is 1.65. The highest BCUT2D eigenvalue weighted by molar-refractivity contribution is 6.31. The molecule has 1 aromatic heterocycles. The van der Waals surface area contributed by atoms with Crippen LogP contribution in [0.3, 0.4) is 0 Å². The van der Waals surface area contributed by atoms with Crippen LogP contribution in [0.25, 0.3) is 0 Å². The van der Waals surface area contributed by atoms with Crippen LogP contribution >= 0.6 is 11.6 Å². The third-order valence-electron chi connectivity index (χ3n) is 4.18. The van der Waals surface area contributed by atoms with Gasteiger partial charge in [-0.15, -0.1) is 0 Å². The van der Waals surface area contributed by atoms with Gasteiger partial charge in [0.2, 0.25) is 0 Å². The number of carbonyl (C=O) groups is 1. The predicted molar refractivity (Wildman–Crippen MR) is 93.5 cm³/mol. The number of halogens is 1. The molecule has 1 aliphatic rings. The van der Waals surface area contributed by atoms with Gasteiger partial charge in [0.15, 0.2) is 0 Å². The fraction of sp³-hybridized carbons (Fsp3) is 0.294. The molecule has 0 atom stereocenters. The van der Waals surface area contributed by atoms with Crippen LogP contribution < -0.4 is 0 Å². The maximum Gasteiger partial charge on any atom is 0.283 e. The molecule has 1 amide bonds. The maximum absolute atomic E-state index is 12.7. The van der Waals surface area contributed by atoms with Crippen molar-refractivity contribution in [3.05, 3.63) is 69.0 Å². The van der Waals surface area contributed by atoms with E-state index in [1.54, 1.807) is 11.1 Å². The number of benzene rings is 1. The molecule has 1 aromatic carbocycles. The summed E-state index contributed by atoms with van der Waals surface area (Å²) in [4.78, 5) is 31.2. The molecule has 7 nitrogen and oxygen atoms in total. The fourth-order valence-electron chi connectivity index (χ4n) is 2.87. The van der Waals surface area contributed by atoms with Crippen molar-refractivity contribution in [3.8, 4) is 0 Å². The summed E-state index contributed by atoms with van der Waals surface area (Å²) in [6, 6.07) is 8.05. The van der Waals surface area contributed by atoms with E-state index in [-0.39, 0.29) is 22.2 Å². The van der Waals surface area contributed by atoms with Crippen LogP contribution in [0.1, 0.15) is 15.9 Å². The number of hydrogen-bond acceptors (Lipinski definition) is 5. The number of hydrogen-bond donors (Lipinski definition) is 0. The van der Waals surface area contributed by atoms with Gasteiger partial charge in [-0.3, -0.25) is 24.8 Å². The summed E-state index contributed by atoms with van der Waals surface area (Å²) in [5.41, 5.74) is 0.945. The van der Waals surface area contributed by atoms with Crippen molar-refractivity contribution in [2.45, 2.75) is 6.54 Å². The minimum Gasteiger partial charge on any atom is -0.336 e. The van der Waals surface area contributed by atoms with E-state index < -0.39 is 4.92 Å². The minimum absolute atomic E-state index is 0.0788. The summed E-state index contributed by atoms with van der Waals surface area (Å²) in [7, 11) is 0. The monoisotopic (exact) mass is 360 g/mol. The zero-order valence-corrected chi connectivity index (χ0v) is 14.2. The van der Waals surface area contributed by atoms with Gasteiger partial charge in [0.05, 0.1) is 4.92 Å². The van der Waals surface area contributed by atoms with Crippen molar-refractivity contribution in [1.29, 1.82) is 0 Å². The summed E-state index contributed by atoms with van der Waals surface area (Å²) >= 11 is 5.81. The number of aromatic nitrogens is 1. The van der Waals surface area contributed by atoms with E-state index in [1.807, 2.05) is 18.3 Å². The van der Waals surface area contributed by atoms with Gasteiger partial charge in [-0.2, -0.15) is 0 Å². The Hall–Kier alpha value is -2.51. The first-order chi connectivity index (χ1) is 12.0. The summed E-state index contributed by atoms with van der Waals surface area (Å²) < 4.78 is 0. The summed E-state index contributed by atoms with van der Waals surface area (Å²) in [5, 5.41) is 11.4. The highest BCUT2D eigenvalue weighted by atomic mass is 35.5. The molecule has 1 aliphatic heterocycles. The minimum atomic E-state index is -0.572. The topological polar surface area (TPSA) is 79.6 Å². The van der Waals surface area contributed by atoms with E-state index in [0.29, 0.717) is 26.2 Å². The van der Waals surface area contributed by atoms with Crippen molar-refractivity contribution in [3.63, 3.8) is 0 Å². The van der Waals surface area contributed by atoms with Crippen LogP contribution in [0.5, 0.6) is 0 Å². The Kier molecular flexibility index (Phi) is 5.25. The van der Waals surface area contributed by atoms with Gasteiger partial charge in [-0.05, 0) is 23.8 Å². The molecule has 1 saturated heterocycles. The van der Waals surface area contributed by atoms with E-state index in [2.05, 4.69) is 9.88 Å². The average Bonchev–Trinajstić information content (AvgIpc) is 2.62. The van der Waals surface area contributed by atoms with Gasteiger partial charge in [-0.1, -0.05) is 17.7 Å². The molecule has 0 aliphatic carbocycles. The first-order valence-corrected chi connectivity index (χ1v) is 8.27. The molecule has 0 radical (unpaired) electrons. The van der Waals surface area contributed by atoms with Gasteiger partial charge in [0, 0.05) is 56.2 Å². The summed E-state index contributed by atoms with van der Waals surface area (Å²) in [5.74, 6) is -0.329. The number of nitro groups is 1. The lowest BCUT2D eigenvalue weighted by molar-refractivity contribution is -0.385. The predicted octanol–water partition coefficient (Wildman–Crippen LogP) is 2.60. The highest BCUT2D eigenvalue weighted by Gasteiger charge is 2.27. The quantitative estimate of drug-likeness (QED) is 0.618. The second-order valence-electron chi connectivity index (χ2n) is 5.85. The third-order valence-corrected chi connectivity index (χ3v) is 4.41. The molecule has 2 aromatic rings. The molecule has 8 heteroatoms. The van der Waals surface area contributed by atoms with E-state index in [4.69, 9.17) is 11.6 Å². The Morgan fingerprint density at radius 2 is 2.00 bits per heavy atom. The Bertz CT molecular complexity index is 777. The molecule has 0 saturated carbocycles. The van der Waals surface area contributed by atoms with Gasteiger partial charge in [0.25, 0.3) is 11.6 Å². The first-order valence-electron chi connectivity index (χ1n) is 7.89. The largest absolute Gasteiger partial charge is 0.336 e. The number of piperazine rings is 1. The fourth-order valence-corrected chi connectivity index (χ4v) is 3.03. The summed E-state index contributed by atoms with van der Waals surface area (Å²) in [6.07, 6.45) is 3.56. The smallest absolute Gasteiger partial charge is 0.283 e. The second kappa shape index (κ2) is 7.58. The third kappa shape index (κ3) is 4.12. The van der Waals surface area contributed by atoms with Gasteiger partial charge < -0.3 is 4.90 Å². The van der Waals surface area contributed by atoms with Crippen molar-refractivity contribution in [2.75, 3.05) is 26.2 Å². The Morgan fingerprint density at radius 1 is 1.24 bits per heavy atom. The van der Waals surface area contributed by atoms with Gasteiger partial charge in [0.1, 0.15) is 5.56 Å². The van der Waals surface area contributed by atoms with E-state index in [1.165, 1.54) is 18.2 Å². The zero-order chi connectivity index (χ0) is 17.8. The lowest BCUT2D eigenvalue weighted by Crippen LogP contribution is -2.48. The molecule has 2 heterocycles. The first kappa shape index (κ1) is 17.3. The lowest BCUT2D eigenvalue weighted by Gasteiger charge is -2.34. The molecule has 130 valence electrons. The lowest BCUT2D eigenvalue weighted by atomic mass is 10.1. The average molecular weight is 361 g/mol. The van der Waals surface area contributed by atoms with Crippen LogP contribution in [0, 0.1) is 10.1 Å². The molecular formula is C17H17ClN4O3.